The van der Waals surface area contributed by atoms with Crippen LogP contribution in [0.15, 0.2) is 36.5 Å². The number of anilines is 1. The maximum atomic E-state index is 12.7. The number of nitrogens with one attached hydrogen (secondary N) is 1. The largest absolute Gasteiger partial charge is 0.454 e. The summed E-state index contributed by atoms with van der Waals surface area (Å²) in [5, 5.41) is 3.03. The average molecular weight is 412 g/mol. The quantitative estimate of drug-likeness (QED) is 0.815. The Morgan fingerprint density at radius 2 is 1.87 bits per heavy atom. The Balaban J connectivity index is 1.38. The smallest absolute Gasteiger partial charge is 0.252 e. The number of nitrogens with zero attached hydrogens (tertiary/aromatic N) is 2. The molecule has 0 bridgehead atoms. The fraction of sp³-hybridized carbons (Fsp3) is 0.478. The summed E-state index contributed by atoms with van der Waals surface area (Å²) in [4.78, 5) is 19.4. The summed E-state index contributed by atoms with van der Waals surface area (Å²) in [6.45, 7) is 10.6. The highest BCUT2D eigenvalue weighted by molar-refractivity contribution is 5.94. The number of hydrogen-bond acceptors (Lipinski definition) is 6. The van der Waals surface area contributed by atoms with E-state index in [4.69, 9.17) is 14.2 Å². The Hall–Kier alpha value is -2.80. The number of amides is 1. The third-order valence-electron chi connectivity index (χ3n) is 5.60. The molecule has 7 nitrogen and oxygen atoms in total. The van der Waals surface area contributed by atoms with Crippen LogP contribution in [0.4, 0.5) is 5.82 Å². The SMILES string of the molecule is C[C@@H]1CN(c2ccc(C(=O)NCC(C)(C)c3ccc4c(c3)OCO4)cn2)C[C@@H](C)O1. The Kier molecular flexibility index (Phi) is 5.56. The molecule has 1 fully saturated rings. The first-order valence-electron chi connectivity index (χ1n) is 10.4. The first-order chi connectivity index (χ1) is 14.3. The molecule has 7 heteroatoms. The minimum absolute atomic E-state index is 0.133. The van der Waals surface area contributed by atoms with E-state index in [2.05, 4.69) is 42.9 Å². The summed E-state index contributed by atoms with van der Waals surface area (Å²) in [5.41, 5.74) is 1.37. The Morgan fingerprint density at radius 1 is 1.13 bits per heavy atom. The van der Waals surface area contributed by atoms with Crippen molar-refractivity contribution in [3.05, 3.63) is 47.7 Å². The molecule has 2 aliphatic heterocycles. The highest BCUT2D eigenvalue weighted by atomic mass is 16.7. The van der Waals surface area contributed by atoms with Crippen LogP contribution in [-0.4, -0.2) is 49.5 Å². The number of fused-ring (bicyclic) bond motifs is 1. The third-order valence-corrected chi connectivity index (χ3v) is 5.60. The zero-order chi connectivity index (χ0) is 21.3. The topological polar surface area (TPSA) is 72.9 Å². The van der Waals surface area contributed by atoms with Crippen LogP contribution in [0.5, 0.6) is 11.5 Å². The van der Waals surface area contributed by atoms with Gasteiger partial charge in [-0.1, -0.05) is 19.9 Å². The van der Waals surface area contributed by atoms with Gasteiger partial charge in [-0.2, -0.15) is 0 Å². The van der Waals surface area contributed by atoms with Crippen LogP contribution < -0.4 is 19.7 Å². The summed E-state index contributed by atoms with van der Waals surface area (Å²) in [5.74, 6) is 2.24. The molecule has 0 radical (unpaired) electrons. The lowest BCUT2D eigenvalue weighted by Gasteiger charge is -2.36. The molecule has 30 heavy (non-hydrogen) atoms. The van der Waals surface area contributed by atoms with Crippen LogP contribution in [0.1, 0.15) is 43.6 Å². The standard InChI is InChI=1S/C23H29N3O4/c1-15-11-26(12-16(2)30-15)21-8-5-17(10-24-21)22(27)25-13-23(3,4)18-6-7-19-20(9-18)29-14-28-19/h5-10,15-16H,11-14H2,1-4H3,(H,25,27)/t15-,16-/m1/s1. The van der Waals surface area contributed by atoms with Gasteiger partial charge in [0.15, 0.2) is 11.5 Å². The van der Waals surface area contributed by atoms with Crippen molar-refractivity contribution in [3.63, 3.8) is 0 Å². The molecule has 2 aromatic rings. The maximum Gasteiger partial charge on any atom is 0.252 e. The average Bonchev–Trinajstić information content (AvgIpc) is 3.19. The van der Waals surface area contributed by atoms with Crippen LogP contribution >= 0.6 is 0 Å². The van der Waals surface area contributed by atoms with Crippen LogP contribution in [0.3, 0.4) is 0 Å². The van der Waals surface area contributed by atoms with Crippen LogP contribution in [0, 0.1) is 0 Å². The van der Waals surface area contributed by atoms with Gasteiger partial charge in [-0.05, 0) is 43.7 Å². The van der Waals surface area contributed by atoms with Crippen LogP contribution in [0.2, 0.25) is 0 Å². The predicted molar refractivity (Wildman–Crippen MR) is 114 cm³/mol. The fourth-order valence-electron chi connectivity index (χ4n) is 3.90. The van der Waals surface area contributed by atoms with E-state index in [0.29, 0.717) is 12.1 Å². The van der Waals surface area contributed by atoms with Crippen LogP contribution in [-0.2, 0) is 10.2 Å². The third kappa shape index (κ3) is 4.36. The first kappa shape index (κ1) is 20.5. The van der Waals surface area contributed by atoms with E-state index in [1.165, 1.54) is 0 Å². The minimum atomic E-state index is -0.260. The molecule has 0 spiro atoms. The van der Waals surface area contributed by atoms with Crippen molar-refractivity contribution in [1.82, 2.24) is 10.3 Å². The maximum absolute atomic E-state index is 12.7. The molecule has 3 heterocycles. The molecule has 1 saturated heterocycles. The lowest BCUT2D eigenvalue weighted by Crippen LogP contribution is -2.45. The lowest BCUT2D eigenvalue weighted by atomic mass is 9.84. The molecule has 4 rings (SSSR count). The number of benzene rings is 1. The molecular weight excluding hydrogens is 382 g/mol. The summed E-state index contributed by atoms with van der Waals surface area (Å²) in [7, 11) is 0. The molecule has 1 amide bonds. The van der Waals surface area contributed by atoms with E-state index in [9.17, 15) is 4.79 Å². The molecule has 1 aromatic carbocycles. The van der Waals surface area contributed by atoms with E-state index >= 15 is 0 Å². The van der Waals surface area contributed by atoms with E-state index in [0.717, 1.165) is 36.0 Å². The molecule has 2 atom stereocenters. The highest BCUT2D eigenvalue weighted by Gasteiger charge is 2.26. The van der Waals surface area contributed by atoms with Gasteiger partial charge < -0.3 is 24.4 Å². The van der Waals surface area contributed by atoms with Crippen molar-refractivity contribution >= 4 is 11.7 Å². The first-order valence-corrected chi connectivity index (χ1v) is 10.4. The molecule has 0 saturated carbocycles. The molecular formula is C23H29N3O4. The van der Waals surface area contributed by atoms with Crippen LogP contribution in [0.25, 0.3) is 0 Å². The van der Waals surface area contributed by atoms with Gasteiger partial charge in [0, 0.05) is 31.2 Å². The fourth-order valence-corrected chi connectivity index (χ4v) is 3.90. The van der Waals surface area contributed by atoms with E-state index in [-0.39, 0.29) is 30.3 Å². The van der Waals surface area contributed by atoms with E-state index < -0.39 is 0 Å². The van der Waals surface area contributed by atoms with Crippen molar-refractivity contribution in [2.24, 2.45) is 0 Å². The van der Waals surface area contributed by atoms with Gasteiger partial charge in [-0.3, -0.25) is 4.79 Å². The molecule has 2 aliphatic rings. The normalized spacial score (nSPS) is 20.9. The molecule has 0 unspecified atom stereocenters. The van der Waals surface area contributed by atoms with Gasteiger partial charge >= 0.3 is 0 Å². The minimum Gasteiger partial charge on any atom is -0.454 e. The molecule has 160 valence electrons. The van der Waals surface area contributed by atoms with Gasteiger partial charge in [0.1, 0.15) is 5.82 Å². The number of ether oxygens (including phenoxy) is 3. The zero-order valence-electron chi connectivity index (χ0n) is 18.0. The second-order valence-electron chi connectivity index (χ2n) is 8.70. The molecule has 1 N–H and O–H groups in total. The summed E-state index contributed by atoms with van der Waals surface area (Å²) in [6, 6.07) is 9.64. The van der Waals surface area contributed by atoms with Crippen molar-refractivity contribution in [2.45, 2.75) is 45.3 Å². The summed E-state index contributed by atoms with van der Waals surface area (Å²) < 4.78 is 16.6. The second kappa shape index (κ2) is 8.14. The number of hydrogen-bond donors (Lipinski definition) is 1. The number of aromatic nitrogens is 1. The Morgan fingerprint density at radius 3 is 2.57 bits per heavy atom. The molecule has 0 aliphatic carbocycles. The van der Waals surface area contributed by atoms with Gasteiger partial charge in [-0.25, -0.2) is 4.98 Å². The predicted octanol–water partition coefficient (Wildman–Crippen LogP) is 3.13. The Labute approximate surface area is 177 Å². The van der Waals surface area contributed by atoms with Gasteiger partial charge in [0.2, 0.25) is 6.79 Å². The summed E-state index contributed by atoms with van der Waals surface area (Å²) in [6.07, 6.45) is 1.97. The van der Waals surface area contributed by atoms with E-state index in [1.807, 2.05) is 30.3 Å². The number of rotatable bonds is 5. The van der Waals surface area contributed by atoms with Gasteiger partial charge in [-0.15, -0.1) is 0 Å². The lowest BCUT2D eigenvalue weighted by molar-refractivity contribution is -0.00546. The van der Waals surface area contributed by atoms with Crippen molar-refractivity contribution < 1.29 is 19.0 Å². The number of carbonyl (C=O) groups excluding carboxylic acids is 1. The second-order valence-corrected chi connectivity index (χ2v) is 8.70. The number of carbonyl (C=O) groups is 1. The van der Waals surface area contributed by atoms with E-state index in [1.54, 1.807) is 6.20 Å². The monoisotopic (exact) mass is 411 g/mol. The number of morpholine rings is 1. The van der Waals surface area contributed by atoms with Gasteiger partial charge in [0.25, 0.3) is 5.91 Å². The van der Waals surface area contributed by atoms with Gasteiger partial charge in [0.05, 0.1) is 17.8 Å². The van der Waals surface area contributed by atoms with Crippen molar-refractivity contribution in [3.8, 4) is 11.5 Å². The van der Waals surface area contributed by atoms with Crippen molar-refractivity contribution in [1.29, 1.82) is 0 Å². The zero-order valence-corrected chi connectivity index (χ0v) is 18.0. The number of pyridine rings is 1. The van der Waals surface area contributed by atoms with Crippen molar-refractivity contribution in [2.75, 3.05) is 31.3 Å². The molecule has 1 aromatic heterocycles. The summed E-state index contributed by atoms with van der Waals surface area (Å²) >= 11 is 0. The Bertz CT molecular complexity index is 903. The highest BCUT2D eigenvalue weighted by Crippen LogP contribution is 2.36.